The summed E-state index contributed by atoms with van der Waals surface area (Å²) in [4.78, 5) is 12.0. The number of nitrogens with one attached hydrogen (secondary N) is 1. The molecule has 0 heterocycles. The molecule has 2 aromatic rings. The Hall–Kier alpha value is -1.91. The molecule has 4 nitrogen and oxygen atoms in total. The van der Waals surface area contributed by atoms with E-state index in [0.29, 0.717) is 27.2 Å². The fraction of sp³-hybridized carbons (Fsp3) is 0.188. The molecular weight excluding hydrogens is 323 g/mol. The monoisotopic (exact) mass is 338 g/mol. The second-order valence-electron chi connectivity index (χ2n) is 4.96. The second kappa shape index (κ2) is 6.90. The molecule has 0 radical (unpaired) electrons. The van der Waals surface area contributed by atoms with Crippen LogP contribution >= 0.6 is 23.2 Å². The largest absolute Gasteiger partial charge is 0.482 e. The average molecular weight is 339 g/mol. The molecule has 3 N–H and O–H groups in total. The zero-order valence-electron chi connectivity index (χ0n) is 12.2. The molecule has 2 rings (SSSR count). The molecule has 0 saturated heterocycles. The van der Waals surface area contributed by atoms with Gasteiger partial charge in [-0.05, 0) is 49.2 Å². The summed E-state index contributed by atoms with van der Waals surface area (Å²) in [6.07, 6.45) is 0. The van der Waals surface area contributed by atoms with Gasteiger partial charge < -0.3 is 15.8 Å². The van der Waals surface area contributed by atoms with Crippen molar-refractivity contribution >= 4 is 40.5 Å². The van der Waals surface area contributed by atoms with Gasteiger partial charge in [0.25, 0.3) is 5.91 Å². The molecule has 0 aliphatic rings. The van der Waals surface area contributed by atoms with Crippen LogP contribution in [0.1, 0.15) is 11.1 Å². The summed E-state index contributed by atoms with van der Waals surface area (Å²) in [5, 5.41) is 3.61. The van der Waals surface area contributed by atoms with E-state index in [1.807, 2.05) is 19.9 Å². The lowest BCUT2D eigenvalue weighted by atomic mass is 10.1. The highest BCUT2D eigenvalue weighted by molar-refractivity contribution is 6.35. The maximum Gasteiger partial charge on any atom is 0.262 e. The third-order valence-electron chi connectivity index (χ3n) is 3.03. The van der Waals surface area contributed by atoms with Crippen molar-refractivity contribution in [2.45, 2.75) is 13.8 Å². The van der Waals surface area contributed by atoms with Crippen molar-refractivity contribution in [3.05, 3.63) is 51.5 Å². The molecule has 0 bridgehead atoms. The Morgan fingerprint density at radius 2 is 1.95 bits per heavy atom. The maximum absolute atomic E-state index is 12.0. The van der Waals surface area contributed by atoms with Crippen LogP contribution in [0.4, 0.5) is 11.4 Å². The summed E-state index contributed by atoms with van der Waals surface area (Å²) >= 11 is 11.8. The first kappa shape index (κ1) is 16.5. The van der Waals surface area contributed by atoms with E-state index in [-0.39, 0.29) is 12.5 Å². The average Bonchev–Trinajstić information content (AvgIpc) is 2.42. The smallest absolute Gasteiger partial charge is 0.262 e. The Morgan fingerprint density at radius 3 is 2.59 bits per heavy atom. The summed E-state index contributed by atoms with van der Waals surface area (Å²) in [5.41, 5.74) is 8.99. The molecule has 0 aliphatic carbocycles. The molecule has 0 aliphatic heterocycles. The fourth-order valence-corrected chi connectivity index (χ4v) is 2.55. The Balaban J connectivity index is 2.02. The van der Waals surface area contributed by atoms with Crippen LogP contribution in [-0.4, -0.2) is 12.5 Å². The van der Waals surface area contributed by atoms with Gasteiger partial charge in [0, 0.05) is 5.02 Å². The van der Waals surface area contributed by atoms with Crippen molar-refractivity contribution in [3.63, 3.8) is 0 Å². The minimum atomic E-state index is -0.315. The Morgan fingerprint density at radius 1 is 1.23 bits per heavy atom. The second-order valence-corrected chi connectivity index (χ2v) is 5.80. The van der Waals surface area contributed by atoms with E-state index in [4.69, 9.17) is 33.7 Å². The number of carbonyl (C=O) groups is 1. The number of hydrogen-bond donors (Lipinski definition) is 2. The number of rotatable bonds is 4. The highest BCUT2D eigenvalue weighted by Gasteiger charge is 2.10. The van der Waals surface area contributed by atoms with Crippen molar-refractivity contribution in [1.29, 1.82) is 0 Å². The van der Waals surface area contributed by atoms with Crippen LogP contribution in [-0.2, 0) is 4.79 Å². The normalized spacial score (nSPS) is 10.4. The molecule has 0 atom stereocenters. The van der Waals surface area contributed by atoms with Gasteiger partial charge in [-0.15, -0.1) is 0 Å². The first-order chi connectivity index (χ1) is 10.4. The van der Waals surface area contributed by atoms with E-state index in [1.54, 1.807) is 24.3 Å². The lowest BCUT2D eigenvalue weighted by molar-refractivity contribution is -0.118. The Labute approximate surface area is 139 Å². The van der Waals surface area contributed by atoms with Gasteiger partial charge in [-0.1, -0.05) is 29.3 Å². The predicted octanol–water partition coefficient (Wildman–Crippen LogP) is 4.21. The van der Waals surface area contributed by atoms with Gasteiger partial charge in [-0.2, -0.15) is 0 Å². The van der Waals surface area contributed by atoms with Gasteiger partial charge >= 0.3 is 0 Å². The number of amides is 1. The van der Waals surface area contributed by atoms with Gasteiger partial charge in [0.2, 0.25) is 0 Å². The number of nitrogen functional groups attached to an aromatic ring is 1. The van der Waals surface area contributed by atoms with Crippen LogP contribution in [0.3, 0.4) is 0 Å². The highest BCUT2D eigenvalue weighted by atomic mass is 35.5. The van der Waals surface area contributed by atoms with Crippen LogP contribution < -0.4 is 15.8 Å². The number of benzene rings is 2. The minimum Gasteiger partial charge on any atom is -0.482 e. The van der Waals surface area contributed by atoms with E-state index < -0.39 is 0 Å². The topological polar surface area (TPSA) is 64.3 Å². The fourth-order valence-electron chi connectivity index (χ4n) is 2.08. The van der Waals surface area contributed by atoms with Crippen LogP contribution in [0.25, 0.3) is 0 Å². The van der Waals surface area contributed by atoms with Gasteiger partial charge in [0.05, 0.1) is 16.4 Å². The third-order valence-corrected chi connectivity index (χ3v) is 3.56. The molecule has 0 saturated carbocycles. The van der Waals surface area contributed by atoms with Crippen molar-refractivity contribution in [2.24, 2.45) is 0 Å². The number of halogens is 2. The Kier molecular flexibility index (Phi) is 5.16. The summed E-state index contributed by atoms with van der Waals surface area (Å²) in [6, 6.07) is 8.56. The molecule has 6 heteroatoms. The standard InChI is InChI=1S/C16H16Cl2N2O2/c1-9-5-10(2)16(13(19)6-9)20-15(21)8-22-14-4-3-11(17)7-12(14)18/h3-7H,8,19H2,1-2H3,(H,20,21). The predicted molar refractivity (Wildman–Crippen MR) is 90.9 cm³/mol. The lowest BCUT2D eigenvalue weighted by Crippen LogP contribution is -2.21. The molecule has 0 fully saturated rings. The van der Waals surface area contributed by atoms with E-state index in [1.165, 1.54) is 0 Å². The van der Waals surface area contributed by atoms with Crippen molar-refractivity contribution in [3.8, 4) is 5.75 Å². The van der Waals surface area contributed by atoms with E-state index in [2.05, 4.69) is 5.32 Å². The summed E-state index contributed by atoms with van der Waals surface area (Å²) in [7, 11) is 0. The molecule has 22 heavy (non-hydrogen) atoms. The Bertz CT molecular complexity index is 694. The molecule has 2 aromatic carbocycles. The first-order valence-corrected chi connectivity index (χ1v) is 7.37. The maximum atomic E-state index is 12.0. The third kappa shape index (κ3) is 4.06. The van der Waals surface area contributed by atoms with Gasteiger partial charge in [0.15, 0.2) is 6.61 Å². The van der Waals surface area contributed by atoms with Crippen molar-refractivity contribution in [2.75, 3.05) is 17.7 Å². The van der Waals surface area contributed by atoms with Gasteiger partial charge in [0.1, 0.15) is 5.75 Å². The number of carbonyl (C=O) groups excluding carboxylic acids is 1. The summed E-state index contributed by atoms with van der Waals surface area (Å²) < 4.78 is 5.39. The SMILES string of the molecule is Cc1cc(C)c(NC(=O)COc2ccc(Cl)cc2Cl)c(N)c1. The van der Waals surface area contributed by atoms with Crippen LogP contribution in [0, 0.1) is 13.8 Å². The number of nitrogens with two attached hydrogens (primary N) is 1. The molecule has 116 valence electrons. The zero-order valence-corrected chi connectivity index (χ0v) is 13.8. The number of aryl methyl sites for hydroxylation is 2. The number of ether oxygens (including phenoxy) is 1. The lowest BCUT2D eigenvalue weighted by Gasteiger charge is -2.13. The quantitative estimate of drug-likeness (QED) is 0.820. The molecule has 0 aromatic heterocycles. The molecule has 0 spiro atoms. The zero-order chi connectivity index (χ0) is 16.3. The van der Waals surface area contributed by atoms with Crippen molar-refractivity contribution < 1.29 is 9.53 Å². The first-order valence-electron chi connectivity index (χ1n) is 6.61. The van der Waals surface area contributed by atoms with Crippen LogP contribution in [0.15, 0.2) is 30.3 Å². The number of hydrogen-bond acceptors (Lipinski definition) is 3. The minimum absolute atomic E-state index is 0.173. The summed E-state index contributed by atoms with van der Waals surface area (Å²) in [6.45, 7) is 3.66. The number of anilines is 2. The molecular formula is C16H16Cl2N2O2. The van der Waals surface area contributed by atoms with E-state index >= 15 is 0 Å². The molecule has 0 unspecified atom stereocenters. The van der Waals surface area contributed by atoms with Gasteiger partial charge in [-0.25, -0.2) is 0 Å². The summed E-state index contributed by atoms with van der Waals surface area (Å²) in [5.74, 6) is 0.0829. The highest BCUT2D eigenvalue weighted by Crippen LogP contribution is 2.28. The van der Waals surface area contributed by atoms with E-state index in [0.717, 1.165) is 11.1 Å². The van der Waals surface area contributed by atoms with Crippen LogP contribution in [0.5, 0.6) is 5.75 Å². The molecule has 1 amide bonds. The van der Waals surface area contributed by atoms with E-state index in [9.17, 15) is 4.79 Å². The van der Waals surface area contributed by atoms with Gasteiger partial charge in [-0.3, -0.25) is 4.79 Å². The van der Waals surface area contributed by atoms with Crippen molar-refractivity contribution in [1.82, 2.24) is 0 Å². The van der Waals surface area contributed by atoms with Crippen LogP contribution in [0.2, 0.25) is 10.0 Å².